The van der Waals surface area contributed by atoms with Gasteiger partial charge in [0.05, 0.1) is 21.4 Å². The van der Waals surface area contributed by atoms with Crippen LogP contribution in [-0.2, 0) is 4.74 Å². The second kappa shape index (κ2) is 7.07. The predicted molar refractivity (Wildman–Crippen MR) is 103 cm³/mol. The van der Waals surface area contributed by atoms with Crippen LogP contribution in [0, 0.1) is 0 Å². The average Bonchev–Trinajstić information content (AvgIpc) is 3.05. The number of hydrogen-bond acceptors (Lipinski definition) is 6. The average molecular weight is 387 g/mol. The van der Waals surface area contributed by atoms with Gasteiger partial charge >= 0.3 is 0 Å². The van der Waals surface area contributed by atoms with Gasteiger partial charge in [0.1, 0.15) is 5.75 Å². The number of rotatable bonds is 4. The van der Waals surface area contributed by atoms with Crippen molar-refractivity contribution in [3.63, 3.8) is 0 Å². The monoisotopic (exact) mass is 386 g/mol. The number of halogens is 1. The van der Waals surface area contributed by atoms with Gasteiger partial charge < -0.3 is 14.8 Å². The molecule has 0 saturated heterocycles. The Bertz CT molecular complexity index is 982. The molecule has 1 aromatic heterocycles. The largest absolute Gasteiger partial charge is 0.460 e. The normalized spacial score (nSPS) is 18.0. The Hall–Kier alpha value is -2.41. The molecule has 1 aliphatic heterocycles. The number of ketones is 1. The van der Waals surface area contributed by atoms with Crippen molar-refractivity contribution in [2.24, 2.45) is 0 Å². The molecule has 0 saturated carbocycles. The molecule has 3 aromatic rings. The van der Waals surface area contributed by atoms with Gasteiger partial charge in [0.2, 0.25) is 12.1 Å². The maximum Gasteiger partial charge on any atom is 0.232 e. The molecule has 0 radical (unpaired) electrons. The molecule has 0 fully saturated rings. The highest BCUT2D eigenvalue weighted by Crippen LogP contribution is 2.33. The SMILES string of the molecule is CCO[C@H]1Oc2ccc(Cl)cc2C(=O)/C1=C/Nc1nc2ccccc2s1. The summed E-state index contributed by atoms with van der Waals surface area (Å²) in [6.07, 6.45) is 0.826. The third-order valence-electron chi connectivity index (χ3n) is 3.90. The minimum absolute atomic E-state index is 0.180. The topological polar surface area (TPSA) is 60.5 Å². The third-order valence-corrected chi connectivity index (χ3v) is 5.10. The number of anilines is 1. The van der Waals surface area contributed by atoms with Gasteiger partial charge in [-0.25, -0.2) is 4.98 Å². The summed E-state index contributed by atoms with van der Waals surface area (Å²) in [7, 11) is 0. The van der Waals surface area contributed by atoms with Crippen molar-refractivity contribution in [2.75, 3.05) is 11.9 Å². The first-order valence-corrected chi connectivity index (χ1v) is 9.30. The molecule has 5 nitrogen and oxygen atoms in total. The van der Waals surface area contributed by atoms with Crippen LogP contribution in [0.1, 0.15) is 17.3 Å². The number of thiazole rings is 1. The molecule has 0 bridgehead atoms. The lowest BCUT2D eigenvalue weighted by molar-refractivity contribution is -0.0509. The van der Waals surface area contributed by atoms with Crippen molar-refractivity contribution in [2.45, 2.75) is 13.2 Å². The Morgan fingerprint density at radius 1 is 1.35 bits per heavy atom. The van der Waals surface area contributed by atoms with E-state index in [2.05, 4.69) is 10.3 Å². The van der Waals surface area contributed by atoms with Gasteiger partial charge in [-0.2, -0.15) is 0 Å². The first-order valence-electron chi connectivity index (χ1n) is 8.10. The van der Waals surface area contributed by atoms with E-state index in [1.165, 1.54) is 11.3 Å². The zero-order valence-electron chi connectivity index (χ0n) is 13.9. The fraction of sp³-hybridized carbons (Fsp3) is 0.158. The van der Waals surface area contributed by atoms with Gasteiger partial charge in [-0.15, -0.1) is 0 Å². The number of benzene rings is 2. The Morgan fingerprint density at radius 2 is 2.19 bits per heavy atom. The lowest BCUT2D eigenvalue weighted by Gasteiger charge is -2.27. The molecule has 2 heterocycles. The van der Waals surface area contributed by atoms with Crippen molar-refractivity contribution >= 4 is 44.1 Å². The molecule has 1 atom stereocenters. The molecule has 26 heavy (non-hydrogen) atoms. The van der Waals surface area contributed by atoms with Crippen LogP contribution in [0.5, 0.6) is 5.75 Å². The zero-order valence-corrected chi connectivity index (χ0v) is 15.4. The van der Waals surface area contributed by atoms with Crippen LogP contribution < -0.4 is 10.1 Å². The number of Topliss-reactive ketones (excluding diaryl/α,β-unsaturated/α-hetero) is 1. The van der Waals surface area contributed by atoms with E-state index < -0.39 is 6.29 Å². The molecule has 0 spiro atoms. The van der Waals surface area contributed by atoms with E-state index in [9.17, 15) is 4.79 Å². The Labute approximate surface area is 159 Å². The molecule has 2 aromatic carbocycles. The number of carbonyl (C=O) groups excluding carboxylic acids is 1. The number of para-hydroxylation sites is 1. The van der Waals surface area contributed by atoms with Crippen LogP contribution >= 0.6 is 22.9 Å². The van der Waals surface area contributed by atoms with E-state index in [1.807, 2.05) is 31.2 Å². The van der Waals surface area contributed by atoms with E-state index in [4.69, 9.17) is 21.1 Å². The standard InChI is InChI=1S/C19H15ClN2O3S/c1-2-24-18-13(17(23)12-9-11(20)7-8-15(12)25-18)10-21-19-22-14-5-3-4-6-16(14)26-19/h3-10,18H,2H2,1H3,(H,21,22)/b13-10-/t18-/m0/s1. The first kappa shape index (κ1) is 17.0. The summed E-state index contributed by atoms with van der Waals surface area (Å²) in [6, 6.07) is 12.8. The lowest BCUT2D eigenvalue weighted by Crippen LogP contribution is -2.33. The molecule has 7 heteroatoms. The van der Waals surface area contributed by atoms with Gasteiger partial charge in [0.15, 0.2) is 5.13 Å². The fourth-order valence-corrected chi connectivity index (χ4v) is 3.71. The lowest BCUT2D eigenvalue weighted by atomic mass is 10.00. The van der Waals surface area contributed by atoms with E-state index in [0.29, 0.717) is 33.6 Å². The van der Waals surface area contributed by atoms with Crippen molar-refractivity contribution in [3.8, 4) is 5.75 Å². The number of aromatic nitrogens is 1. The minimum atomic E-state index is -0.775. The van der Waals surface area contributed by atoms with E-state index >= 15 is 0 Å². The quantitative estimate of drug-likeness (QED) is 0.647. The van der Waals surface area contributed by atoms with Crippen molar-refractivity contribution in [1.29, 1.82) is 0 Å². The minimum Gasteiger partial charge on any atom is -0.460 e. The van der Waals surface area contributed by atoms with E-state index in [-0.39, 0.29) is 5.78 Å². The summed E-state index contributed by atoms with van der Waals surface area (Å²) >= 11 is 7.53. The van der Waals surface area contributed by atoms with Crippen LogP contribution in [-0.4, -0.2) is 23.7 Å². The van der Waals surface area contributed by atoms with Crippen molar-refractivity contribution < 1.29 is 14.3 Å². The number of nitrogens with one attached hydrogen (secondary N) is 1. The fourth-order valence-electron chi connectivity index (χ4n) is 2.71. The predicted octanol–water partition coefficient (Wildman–Crippen LogP) is 4.88. The second-order valence-electron chi connectivity index (χ2n) is 5.61. The highest BCUT2D eigenvalue weighted by atomic mass is 35.5. The molecular formula is C19H15ClN2O3S. The molecular weight excluding hydrogens is 372 g/mol. The highest BCUT2D eigenvalue weighted by molar-refractivity contribution is 7.22. The Kier molecular flexibility index (Phi) is 4.63. The number of ether oxygens (including phenoxy) is 2. The maximum absolute atomic E-state index is 12.9. The molecule has 1 N–H and O–H groups in total. The molecule has 4 rings (SSSR count). The summed E-state index contributed by atoms with van der Waals surface area (Å²) in [5.74, 6) is 0.288. The summed E-state index contributed by atoms with van der Waals surface area (Å²) in [6.45, 7) is 2.27. The number of nitrogens with zero attached hydrogens (tertiary/aromatic N) is 1. The van der Waals surface area contributed by atoms with Gasteiger partial charge in [-0.3, -0.25) is 4.79 Å². The third kappa shape index (κ3) is 3.19. The number of fused-ring (bicyclic) bond motifs is 2. The summed E-state index contributed by atoms with van der Waals surface area (Å²) < 4.78 is 12.5. The summed E-state index contributed by atoms with van der Waals surface area (Å²) in [5.41, 5.74) is 1.70. The van der Waals surface area contributed by atoms with Crippen LogP contribution in [0.15, 0.2) is 54.2 Å². The van der Waals surface area contributed by atoms with Gasteiger partial charge in [-0.1, -0.05) is 35.1 Å². The first-order chi connectivity index (χ1) is 12.7. The maximum atomic E-state index is 12.9. The van der Waals surface area contributed by atoms with Crippen LogP contribution in [0.25, 0.3) is 10.2 Å². The van der Waals surface area contributed by atoms with Gasteiger partial charge in [0, 0.05) is 17.8 Å². The van der Waals surface area contributed by atoms with Crippen LogP contribution in [0.3, 0.4) is 0 Å². The molecule has 0 unspecified atom stereocenters. The summed E-state index contributed by atoms with van der Waals surface area (Å²) in [5, 5.41) is 4.27. The molecule has 0 amide bonds. The molecule has 0 aliphatic carbocycles. The second-order valence-corrected chi connectivity index (χ2v) is 7.07. The number of hydrogen-bond donors (Lipinski definition) is 1. The van der Waals surface area contributed by atoms with Crippen molar-refractivity contribution in [1.82, 2.24) is 4.98 Å². The van der Waals surface area contributed by atoms with E-state index in [0.717, 1.165) is 10.2 Å². The van der Waals surface area contributed by atoms with Crippen molar-refractivity contribution in [3.05, 3.63) is 64.8 Å². The molecule has 132 valence electrons. The summed E-state index contributed by atoms with van der Waals surface area (Å²) in [4.78, 5) is 17.4. The molecule has 1 aliphatic rings. The van der Waals surface area contributed by atoms with Gasteiger partial charge in [0.25, 0.3) is 0 Å². The van der Waals surface area contributed by atoms with Crippen LogP contribution in [0.2, 0.25) is 5.02 Å². The van der Waals surface area contributed by atoms with E-state index in [1.54, 1.807) is 24.4 Å². The Balaban J connectivity index is 1.67. The zero-order chi connectivity index (χ0) is 18.1. The number of carbonyl (C=O) groups is 1. The highest BCUT2D eigenvalue weighted by Gasteiger charge is 2.32. The van der Waals surface area contributed by atoms with Crippen LogP contribution in [0.4, 0.5) is 5.13 Å². The smallest absolute Gasteiger partial charge is 0.232 e. The Morgan fingerprint density at radius 3 is 3.00 bits per heavy atom. The van der Waals surface area contributed by atoms with Gasteiger partial charge in [-0.05, 0) is 37.3 Å².